The van der Waals surface area contributed by atoms with Crippen LogP contribution < -0.4 is 10.2 Å². The normalized spacial score (nSPS) is 17.9. The van der Waals surface area contributed by atoms with Crippen LogP contribution in [0.3, 0.4) is 0 Å². The molecule has 2 fully saturated rings. The molecule has 0 atom stereocenters. The van der Waals surface area contributed by atoms with Crippen LogP contribution in [0.1, 0.15) is 22.3 Å². The molecule has 2 aliphatic rings. The van der Waals surface area contributed by atoms with Crippen molar-refractivity contribution in [3.05, 3.63) is 41.6 Å². The van der Waals surface area contributed by atoms with Crippen LogP contribution >= 0.6 is 0 Å². The van der Waals surface area contributed by atoms with Gasteiger partial charge in [0, 0.05) is 32.6 Å². The van der Waals surface area contributed by atoms with Crippen LogP contribution in [0.2, 0.25) is 0 Å². The number of nitrogens with one attached hydrogen (secondary N) is 1. The molecule has 6 rings (SSSR count). The second kappa shape index (κ2) is 8.48. The molecule has 1 amide bonds. The van der Waals surface area contributed by atoms with Gasteiger partial charge in [0.1, 0.15) is 11.3 Å². The van der Waals surface area contributed by atoms with Gasteiger partial charge < -0.3 is 19.9 Å². The van der Waals surface area contributed by atoms with Crippen LogP contribution in [-0.4, -0.2) is 83.6 Å². The highest BCUT2D eigenvalue weighted by Gasteiger charge is 2.29. The lowest BCUT2D eigenvalue weighted by atomic mass is 9.93. The van der Waals surface area contributed by atoms with E-state index in [-0.39, 0.29) is 5.91 Å². The van der Waals surface area contributed by atoms with Gasteiger partial charge in [0.25, 0.3) is 5.91 Å². The lowest BCUT2D eigenvalue weighted by molar-refractivity contribution is -0.0311. The van der Waals surface area contributed by atoms with Gasteiger partial charge in [-0.15, -0.1) is 0 Å². The summed E-state index contributed by atoms with van der Waals surface area (Å²) >= 11 is 0. The van der Waals surface area contributed by atoms with E-state index in [0.717, 1.165) is 66.2 Å². The fourth-order valence-corrected chi connectivity index (χ4v) is 5.08. The third-order valence-corrected chi connectivity index (χ3v) is 7.02. The molecule has 176 valence electrons. The lowest BCUT2D eigenvalue weighted by Crippen LogP contribution is -2.31. The van der Waals surface area contributed by atoms with Gasteiger partial charge in [0.05, 0.1) is 36.0 Å². The van der Waals surface area contributed by atoms with E-state index >= 15 is 0 Å². The highest BCUT2D eigenvalue weighted by molar-refractivity contribution is 6.07. The number of carbonyl (C=O) groups is 1. The number of pyridine rings is 1. The van der Waals surface area contributed by atoms with Crippen molar-refractivity contribution in [1.29, 1.82) is 0 Å². The van der Waals surface area contributed by atoms with E-state index in [1.54, 1.807) is 7.05 Å². The molecule has 1 aromatic carbocycles. The lowest BCUT2D eigenvalue weighted by Gasteiger charge is -2.27. The predicted molar refractivity (Wildman–Crippen MR) is 132 cm³/mol. The monoisotopic (exact) mass is 459 g/mol. The minimum Gasteiger partial charge on any atom is -0.381 e. The fourth-order valence-electron chi connectivity index (χ4n) is 5.08. The number of likely N-dealkylation sites (N-methyl/N-ethyl adjacent to an activating group) is 1. The Morgan fingerprint density at radius 1 is 1.12 bits per heavy atom. The van der Waals surface area contributed by atoms with Crippen molar-refractivity contribution < 1.29 is 9.53 Å². The van der Waals surface area contributed by atoms with Gasteiger partial charge in [-0.05, 0) is 44.1 Å². The number of para-hydroxylation sites is 2. The highest BCUT2D eigenvalue weighted by Crippen LogP contribution is 2.32. The van der Waals surface area contributed by atoms with Gasteiger partial charge >= 0.3 is 0 Å². The first kappa shape index (κ1) is 21.2. The molecule has 1 N–H and O–H groups in total. The molecule has 0 saturated carbocycles. The van der Waals surface area contributed by atoms with E-state index in [0.29, 0.717) is 36.8 Å². The molecule has 0 radical (unpaired) electrons. The zero-order valence-electron chi connectivity index (χ0n) is 19.6. The topological polar surface area (TPSA) is 87.9 Å². The molecule has 0 unspecified atom stereocenters. The number of fused-ring (bicyclic) bond motifs is 5. The van der Waals surface area contributed by atoms with E-state index in [9.17, 15) is 4.79 Å². The molecule has 0 spiro atoms. The van der Waals surface area contributed by atoms with Crippen LogP contribution in [0.4, 0.5) is 5.82 Å². The Balaban J connectivity index is 1.64. The number of nitrogens with zero attached hydrogens (tertiary/aromatic N) is 6. The SMILES string of the molecule is CNC(=O)c1c(CC2COC2)c2ncc(N3CCCN(C)CC3)nc2n2c1nc1ccccc12. The van der Waals surface area contributed by atoms with Crippen molar-refractivity contribution >= 4 is 39.6 Å². The maximum Gasteiger partial charge on any atom is 0.255 e. The third-order valence-electron chi connectivity index (χ3n) is 7.02. The summed E-state index contributed by atoms with van der Waals surface area (Å²) in [5.41, 5.74) is 5.38. The molecule has 4 aromatic rings. The molecular weight excluding hydrogens is 430 g/mol. The molecule has 0 bridgehead atoms. The van der Waals surface area contributed by atoms with Crippen molar-refractivity contribution in [2.24, 2.45) is 5.92 Å². The highest BCUT2D eigenvalue weighted by atomic mass is 16.5. The number of rotatable bonds is 4. The Hall–Kier alpha value is -3.30. The van der Waals surface area contributed by atoms with E-state index in [1.165, 1.54) is 0 Å². The Kier molecular flexibility index (Phi) is 5.30. The number of hydrogen-bond acceptors (Lipinski definition) is 7. The number of hydrogen-bond donors (Lipinski definition) is 1. The number of carbonyl (C=O) groups excluding carboxylic acids is 1. The van der Waals surface area contributed by atoms with Gasteiger partial charge in [-0.1, -0.05) is 12.1 Å². The van der Waals surface area contributed by atoms with Crippen LogP contribution in [0.25, 0.3) is 27.8 Å². The van der Waals surface area contributed by atoms with E-state index in [4.69, 9.17) is 19.7 Å². The minimum atomic E-state index is -0.154. The first-order valence-corrected chi connectivity index (χ1v) is 12.0. The van der Waals surface area contributed by atoms with Gasteiger partial charge in [0.15, 0.2) is 11.3 Å². The summed E-state index contributed by atoms with van der Waals surface area (Å²) in [6.07, 6.45) is 3.66. The number of ether oxygens (including phenoxy) is 1. The summed E-state index contributed by atoms with van der Waals surface area (Å²) in [5.74, 6) is 1.08. The Bertz CT molecular complexity index is 1390. The molecule has 9 heteroatoms. The van der Waals surface area contributed by atoms with Crippen molar-refractivity contribution in [3.8, 4) is 0 Å². The molecule has 2 aliphatic heterocycles. The average molecular weight is 460 g/mol. The third kappa shape index (κ3) is 3.47. The summed E-state index contributed by atoms with van der Waals surface area (Å²) < 4.78 is 7.44. The molecule has 9 nitrogen and oxygen atoms in total. The van der Waals surface area contributed by atoms with Crippen molar-refractivity contribution in [3.63, 3.8) is 0 Å². The summed E-state index contributed by atoms with van der Waals surface area (Å²) in [6, 6.07) is 7.96. The number of aromatic nitrogens is 4. The Morgan fingerprint density at radius 3 is 2.76 bits per heavy atom. The van der Waals surface area contributed by atoms with Gasteiger partial charge in [-0.2, -0.15) is 0 Å². The second-order valence-corrected chi connectivity index (χ2v) is 9.34. The van der Waals surface area contributed by atoms with Crippen LogP contribution in [0.5, 0.6) is 0 Å². The number of benzene rings is 1. The Labute approximate surface area is 197 Å². The van der Waals surface area contributed by atoms with Gasteiger partial charge in [-0.25, -0.2) is 15.0 Å². The summed E-state index contributed by atoms with van der Waals surface area (Å²) in [7, 11) is 3.82. The molecular formula is C25H29N7O2. The standard InChI is InChI=1S/C25H29N7O2/c1-26-25(33)21-17(12-16-14-34-15-16)22-24(32-19-7-4-3-6-18(19)28-23(21)32)29-20(13-27-22)31-9-5-8-30(2)10-11-31/h3-4,6-7,13,16H,5,8-12,14-15H2,1-2H3,(H,26,33). The Morgan fingerprint density at radius 2 is 1.97 bits per heavy atom. The molecule has 0 aliphatic carbocycles. The summed E-state index contributed by atoms with van der Waals surface area (Å²) in [4.78, 5) is 32.8. The average Bonchev–Trinajstić information content (AvgIpc) is 3.08. The largest absolute Gasteiger partial charge is 0.381 e. The van der Waals surface area contributed by atoms with Crippen molar-refractivity contribution in [1.82, 2.24) is 29.6 Å². The second-order valence-electron chi connectivity index (χ2n) is 9.34. The minimum absolute atomic E-state index is 0.154. The maximum absolute atomic E-state index is 13.2. The van der Waals surface area contributed by atoms with Crippen LogP contribution in [-0.2, 0) is 11.2 Å². The quantitative estimate of drug-likeness (QED) is 0.500. The zero-order chi connectivity index (χ0) is 23.2. The van der Waals surface area contributed by atoms with E-state index in [2.05, 4.69) is 22.2 Å². The van der Waals surface area contributed by atoms with E-state index < -0.39 is 0 Å². The fraction of sp³-hybridized carbons (Fsp3) is 0.440. The van der Waals surface area contributed by atoms with Gasteiger partial charge in [0.2, 0.25) is 0 Å². The summed E-state index contributed by atoms with van der Waals surface area (Å²) in [5, 5.41) is 2.82. The van der Waals surface area contributed by atoms with E-state index in [1.807, 2.05) is 34.9 Å². The smallest absolute Gasteiger partial charge is 0.255 e. The number of anilines is 1. The van der Waals surface area contributed by atoms with Crippen molar-refractivity contribution in [2.75, 3.05) is 58.4 Å². The first-order valence-electron chi connectivity index (χ1n) is 12.0. The first-order chi connectivity index (χ1) is 16.6. The molecule has 3 aromatic heterocycles. The maximum atomic E-state index is 13.2. The molecule has 34 heavy (non-hydrogen) atoms. The van der Waals surface area contributed by atoms with Gasteiger partial charge in [-0.3, -0.25) is 9.20 Å². The summed E-state index contributed by atoms with van der Waals surface area (Å²) in [6.45, 7) is 5.32. The van der Waals surface area contributed by atoms with Crippen LogP contribution in [0.15, 0.2) is 30.5 Å². The molecule has 2 saturated heterocycles. The van der Waals surface area contributed by atoms with Crippen molar-refractivity contribution in [2.45, 2.75) is 12.8 Å². The van der Waals surface area contributed by atoms with Crippen LogP contribution in [0, 0.1) is 5.92 Å². The number of amides is 1. The molecule has 5 heterocycles. The number of imidazole rings is 1. The zero-order valence-corrected chi connectivity index (χ0v) is 19.6. The predicted octanol–water partition coefficient (Wildman–Crippen LogP) is 2.12.